The summed E-state index contributed by atoms with van der Waals surface area (Å²) in [5.74, 6) is 0.546. The van der Waals surface area contributed by atoms with Crippen LogP contribution in [0.25, 0.3) is 0 Å². The Hall–Kier alpha value is -1.02. The summed E-state index contributed by atoms with van der Waals surface area (Å²) >= 11 is 0. The molecule has 19 heavy (non-hydrogen) atoms. The third kappa shape index (κ3) is 5.23. The van der Waals surface area contributed by atoms with E-state index in [1.54, 1.807) is 0 Å². The minimum Gasteiger partial charge on any atom is -0.507 e. The molecule has 1 rings (SSSR count). The van der Waals surface area contributed by atoms with Crippen molar-refractivity contribution < 1.29 is 5.11 Å². The molecule has 0 aliphatic carbocycles. The molecule has 0 amide bonds. The molecule has 2 heteroatoms. The molecule has 108 valence electrons. The number of aromatic hydroxyl groups is 1. The van der Waals surface area contributed by atoms with Gasteiger partial charge in [0.25, 0.3) is 0 Å². The summed E-state index contributed by atoms with van der Waals surface area (Å²) in [5.41, 5.74) is 3.58. The van der Waals surface area contributed by atoms with Gasteiger partial charge in [0.05, 0.1) is 0 Å². The molecule has 0 unspecified atom stereocenters. The lowest BCUT2D eigenvalue weighted by molar-refractivity contribution is 0.400. The zero-order chi connectivity index (χ0) is 14.3. The van der Waals surface area contributed by atoms with E-state index in [1.807, 2.05) is 0 Å². The average Bonchev–Trinajstić information content (AvgIpc) is 2.36. The second kappa shape index (κ2) is 8.21. The highest BCUT2D eigenvalue weighted by molar-refractivity contribution is 5.44. The van der Waals surface area contributed by atoms with Gasteiger partial charge in [0.2, 0.25) is 0 Å². The van der Waals surface area contributed by atoms with E-state index in [9.17, 15) is 5.11 Å². The molecule has 0 bridgehead atoms. The Balaban J connectivity index is 2.99. The van der Waals surface area contributed by atoms with E-state index < -0.39 is 0 Å². The molecule has 1 aromatic carbocycles. The molecule has 0 saturated heterocycles. The third-order valence-electron chi connectivity index (χ3n) is 3.43. The smallest absolute Gasteiger partial charge is 0.121 e. The maximum atomic E-state index is 10.4. The Labute approximate surface area is 118 Å². The summed E-state index contributed by atoms with van der Waals surface area (Å²) in [6.45, 7) is 5.33. The first-order chi connectivity index (χ1) is 9.08. The molecule has 0 saturated carbocycles. The molecule has 1 N–H and O–H groups in total. The van der Waals surface area contributed by atoms with Crippen LogP contribution in [0, 0.1) is 0 Å². The van der Waals surface area contributed by atoms with Crippen LogP contribution in [0.4, 0.5) is 0 Å². The van der Waals surface area contributed by atoms with Gasteiger partial charge in [-0.2, -0.15) is 0 Å². The van der Waals surface area contributed by atoms with Gasteiger partial charge in [-0.15, -0.1) is 0 Å². The highest BCUT2D eigenvalue weighted by Gasteiger charge is 2.10. The summed E-state index contributed by atoms with van der Waals surface area (Å²) in [6.07, 6.45) is 6.60. The number of phenolic OH excluding ortho intramolecular Hbond substituents is 1. The van der Waals surface area contributed by atoms with E-state index in [2.05, 4.69) is 45.0 Å². The zero-order valence-electron chi connectivity index (χ0n) is 13.0. The molecule has 2 nitrogen and oxygen atoms in total. The van der Waals surface area contributed by atoms with E-state index >= 15 is 0 Å². The Morgan fingerprint density at radius 3 is 1.79 bits per heavy atom. The van der Waals surface area contributed by atoms with Crippen LogP contribution >= 0.6 is 0 Å². The van der Waals surface area contributed by atoms with Crippen molar-refractivity contribution in [3.05, 3.63) is 28.8 Å². The molecule has 0 heterocycles. The van der Waals surface area contributed by atoms with Crippen molar-refractivity contribution in [2.45, 2.75) is 58.9 Å². The van der Waals surface area contributed by atoms with E-state index in [1.165, 1.54) is 18.4 Å². The van der Waals surface area contributed by atoms with E-state index in [0.29, 0.717) is 5.75 Å². The third-order valence-corrected chi connectivity index (χ3v) is 3.43. The van der Waals surface area contributed by atoms with Crippen LogP contribution < -0.4 is 0 Å². The summed E-state index contributed by atoms with van der Waals surface area (Å²) in [6, 6.07) is 4.36. The molecule has 0 fully saturated rings. The van der Waals surface area contributed by atoms with Gasteiger partial charge in [-0.3, -0.25) is 0 Å². The van der Waals surface area contributed by atoms with Crippen molar-refractivity contribution in [1.29, 1.82) is 0 Å². The number of unbranched alkanes of at least 4 members (excludes halogenated alkanes) is 2. The number of nitrogens with zero attached hydrogens (tertiary/aromatic N) is 1. The molecule has 0 atom stereocenters. The summed E-state index contributed by atoms with van der Waals surface area (Å²) in [4.78, 5) is 2.18. The van der Waals surface area contributed by atoms with Crippen LogP contribution in [0.5, 0.6) is 5.75 Å². The van der Waals surface area contributed by atoms with Gasteiger partial charge in [0.1, 0.15) is 5.75 Å². The van der Waals surface area contributed by atoms with E-state index in [0.717, 1.165) is 43.4 Å². The summed E-state index contributed by atoms with van der Waals surface area (Å²) in [7, 11) is 4.18. The number of phenols is 1. The minimum atomic E-state index is 0.546. The highest BCUT2D eigenvalue weighted by atomic mass is 16.3. The fraction of sp³-hybridized carbons (Fsp3) is 0.647. The van der Waals surface area contributed by atoms with Crippen LogP contribution in [0.1, 0.15) is 56.2 Å². The van der Waals surface area contributed by atoms with Gasteiger partial charge in [0.15, 0.2) is 0 Å². The fourth-order valence-corrected chi connectivity index (χ4v) is 2.40. The van der Waals surface area contributed by atoms with Gasteiger partial charge in [0, 0.05) is 6.54 Å². The molecule has 0 aromatic heterocycles. The summed E-state index contributed by atoms with van der Waals surface area (Å²) < 4.78 is 0. The summed E-state index contributed by atoms with van der Waals surface area (Å²) in [5, 5.41) is 10.4. The zero-order valence-corrected chi connectivity index (χ0v) is 13.0. The maximum Gasteiger partial charge on any atom is 0.121 e. The predicted molar refractivity (Wildman–Crippen MR) is 82.7 cm³/mol. The van der Waals surface area contributed by atoms with Crippen molar-refractivity contribution in [2.75, 3.05) is 14.1 Å². The Morgan fingerprint density at radius 2 is 1.42 bits per heavy atom. The standard InChI is InChI=1S/C17H29NO/c1-5-7-9-15-11-14(13-18(3)4)12-16(17(15)19)10-8-6-2/h11-12,19H,5-10,13H2,1-4H3. The molecular weight excluding hydrogens is 234 g/mol. The van der Waals surface area contributed by atoms with E-state index in [4.69, 9.17) is 0 Å². The lowest BCUT2D eigenvalue weighted by atomic mass is 9.97. The largest absolute Gasteiger partial charge is 0.507 e. The number of aryl methyl sites for hydroxylation is 2. The van der Waals surface area contributed by atoms with Crippen molar-refractivity contribution in [1.82, 2.24) is 4.90 Å². The second-order valence-corrected chi connectivity index (χ2v) is 5.71. The molecular formula is C17H29NO. The predicted octanol–water partition coefficient (Wildman–Crippen LogP) is 4.14. The topological polar surface area (TPSA) is 23.5 Å². The molecule has 0 radical (unpaired) electrons. The fourth-order valence-electron chi connectivity index (χ4n) is 2.40. The number of benzene rings is 1. The van der Waals surface area contributed by atoms with Crippen LogP contribution in [0.3, 0.4) is 0 Å². The second-order valence-electron chi connectivity index (χ2n) is 5.71. The first-order valence-electron chi connectivity index (χ1n) is 7.56. The van der Waals surface area contributed by atoms with Crippen molar-refractivity contribution in [3.8, 4) is 5.75 Å². The highest BCUT2D eigenvalue weighted by Crippen LogP contribution is 2.28. The SMILES string of the molecule is CCCCc1cc(CN(C)C)cc(CCCC)c1O. The van der Waals surface area contributed by atoms with Gasteiger partial charge in [-0.05, 0) is 56.5 Å². The van der Waals surface area contributed by atoms with Crippen molar-refractivity contribution in [3.63, 3.8) is 0 Å². The normalized spacial score (nSPS) is 11.2. The van der Waals surface area contributed by atoms with E-state index in [-0.39, 0.29) is 0 Å². The van der Waals surface area contributed by atoms with Crippen LogP contribution in [-0.4, -0.2) is 24.1 Å². The average molecular weight is 263 g/mol. The Bertz CT molecular complexity index is 356. The van der Waals surface area contributed by atoms with Gasteiger partial charge in [-0.1, -0.05) is 38.8 Å². The number of hydrogen-bond donors (Lipinski definition) is 1. The van der Waals surface area contributed by atoms with Crippen molar-refractivity contribution in [2.24, 2.45) is 0 Å². The number of rotatable bonds is 8. The minimum absolute atomic E-state index is 0.546. The van der Waals surface area contributed by atoms with Gasteiger partial charge >= 0.3 is 0 Å². The van der Waals surface area contributed by atoms with Crippen LogP contribution in [0.2, 0.25) is 0 Å². The Morgan fingerprint density at radius 1 is 0.947 bits per heavy atom. The maximum absolute atomic E-state index is 10.4. The first kappa shape index (κ1) is 16.0. The molecule has 0 spiro atoms. The van der Waals surface area contributed by atoms with Crippen LogP contribution in [-0.2, 0) is 19.4 Å². The first-order valence-corrected chi connectivity index (χ1v) is 7.56. The lowest BCUT2D eigenvalue weighted by Gasteiger charge is -2.15. The lowest BCUT2D eigenvalue weighted by Crippen LogP contribution is -2.11. The van der Waals surface area contributed by atoms with Gasteiger partial charge in [-0.25, -0.2) is 0 Å². The van der Waals surface area contributed by atoms with Crippen LogP contribution in [0.15, 0.2) is 12.1 Å². The van der Waals surface area contributed by atoms with Gasteiger partial charge < -0.3 is 10.0 Å². The molecule has 0 aliphatic rings. The van der Waals surface area contributed by atoms with Crippen molar-refractivity contribution >= 4 is 0 Å². The molecule has 1 aromatic rings. The molecule has 0 aliphatic heterocycles. The number of hydrogen-bond acceptors (Lipinski definition) is 2. The Kier molecular flexibility index (Phi) is 6.93. The monoisotopic (exact) mass is 263 g/mol. The quantitative estimate of drug-likeness (QED) is 0.762.